The van der Waals surface area contributed by atoms with Crippen LogP contribution in [-0.2, 0) is 49.6 Å². The van der Waals surface area contributed by atoms with Gasteiger partial charge in [-0.05, 0) is 153 Å². The summed E-state index contributed by atoms with van der Waals surface area (Å²) in [6, 6.07) is 38.0. The van der Waals surface area contributed by atoms with E-state index in [4.69, 9.17) is 29.4 Å². The van der Waals surface area contributed by atoms with E-state index in [2.05, 4.69) is 4.74 Å². The third-order valence-electron chi connectivity index (χ3n) is 14.1. The number of amides is 1. The summed E-state index contributed by atoms with van der Waals surface area (Å²) in [5.41, 5.74) is 7.93. The summed E-state index contributed by atoms with van der Waals surface area (Å²) in [5.74, 6) is -6.01. The molecule has 1 saturated heterocycles. The average molecular weight is 1570 g/mol. The normalized spacial score (nSPS) is 12.2. The first-order valence-corrected chi connectivity index (χ1v) is 35.5. The minimum absolute atomic E-state index is 0.00474. The second-order valence-electron chi connectivity index (χ2n) is 28.0. The quantitative estimate of drug-likeness (QED) is 0.0131. The first kappa shape index (κ1) is 96.6. The average Bonchev–Trinajstić information content (AvgIpc) is 0.856. The van der Waals surface area contributed by atoms with Crippen LogP contribution in [0.4, 0.5) is 31.1 Å². The van der Waals surface area contributed by atoms with E-state index in [0.717, 1.165) is 73.7 Å². The number of ether oxygens (including phenoxy) is 6. The molecule has 28 heteroatoms. The smallest absolute Gasteiger partial charge is 0.410 e. The van der Waals surface area contributed by atoms with Crippen molar-refractivity contribution < 1.29 is 103 Å². The number of nitrogens with two attached hydrogens (primary N) is 1. The molecule has 1 amide bonds. The van der Waals surface area contributed by atoms with Gasteiger partial charge in [-0.3, -0.25) is 53.8 Å². The predicted octanol–water partition coefficient (Wildman–Crippen LogP) is 19.4. The number of esters is 1. The number of ketones is 5. The molecule has 22 nitrogen and oxygen atoms in total. The number of hydrogen-bond donors (Lipinski definition) is 1. The molecule has 0 aromatic heterocycles. The maximum atomic E-state index is 13.4. The molecule has 1 aliphatic rings. The molecule has 0 saturated carbocycles. The molecule has 8 rings (SSSR count). The van der Waals surface area contributed by atoms with Crippen molar-refractivity contribution in [2.75, 3.05) is 26.3 Å². The lowest BCUT2D eigenvalue weighted by Gasteiger charge is -2.32. The Morgan fingerprint density at radius 3 is 1.20 bits per heavy atom. The Bertz CT molecular complexity index is 4040. The van der Waals surface area contributed by atoms with Crippen molar-refractivity contribution >= 4 is 59.4 Å². The van der Waals surface area contributed by atoms with E-state index in [1.165, 1.54) is 103 Å². The Hall–Kier alpha value is -11.5. The van der Waals surface area contributed by atoms with Gasteiger partial charge in [-0.1, -0.05) is 128 Å². The minimum atomic E-state index is -0.803. The molecule has 0 bridgehead atoms. The zero-order chi connectivity index (χ0) is 84.2. The Morgan fingerprint density at radius 1 is 0.500 bits per heavy atom. The van der Waals surface area contributed by atoms with E-state index >= 15 is 0 Å². The van der Waals surface area contributed by atoms with Crippen LogP contribution in [0.2, 0.25) is 0 Å². The minimum Gasteiger partial charge on any atom is -0.466 e. The number of halogens is 6. The summed E-state index contributed by atoms with van der Waals surface area (Å²) in [4.78, 5) is 109. The van der Waals surface area contributed by atoms with Crippen LogP contribution in [-0.4, -0.2) is 100.0 Å². The molecule has 0 radical (unpaired) electrons. The second-order valence-corrected chi connectivity index (χ2v) is 28.0. The van der Waals surface area contributed by atoms with Crippen LogP contribution in [0.25, 0.3) is 12.2 Å². The maximum absolute atomic E-state index is 13.4. The zero-order valence-electron chi connectivity index (χ0n) is 64.9. The number of Topliss-reactive ketones (excluding diaryl/α,β-unsaturated/α-hetero) is 5. The highest BCUT2D eigenvalue weighted by Crippen LogP contribution is 2.31. The Labute approximate surface area is 648 Å². The van der Waals surface area contributed by atoms with Gasteiger partial charge in [0.15, 0.2) is 57.9 Å². The molecule has 1 atom stereocenters. The molecule has 1 aliphatic heterocycles. The number of carbonyl (C=O) groups excluding carboxylic acids is 8. The molecule has 604 valence electrons. The number of piperidine rings is 1. The van der Waals surface area contributed by atoms with Gasteiger partial charge in [-0.2, -0.15) is 0 Å². The number of carbonyl (C=O) groups is 8. The fourth-order valence-corrected chi connectivity index (χ4v) is 9.08. The van der Waals surface area contributed by atoms with Gasteiger partial charge in [-0.15, -0.1) is 0 Å². The Kier molecular flexibility index (Phi) is 43.4. The van der Waals surface area contributed by atoms with Gasteiger partial charge >= 0.3 is 12.1 Å². The lowest BCUT2D eigenvalue weighted by Crippen LogP contribution is -2.47. The van der Waals surface area contributed by atoms with Gasteiger partial charge in [0.1, 0.15) is 65.3 Å². The summed E-state index contributed by atoms with van der Waals surface area (Å²) in [6.07, 6.45) is 8.41. The monoisotopic (exact) mass is 1560 g/mol. The lowest BCUT2D eigenvalue weighted by molar-refractivity contribution is -0.401. The predicted molar refractivity (Wildman–Crippen MR) is 411 cm³/mol. The van der Waals surface area contributed by atoms with Gasteiger partial charge in [0.2, 0.25) is 12.4 Å². The van der Waals surface area contributed by atoms with Crippen molar-refractivity contribution in [3.8, 4) is 34.5 Å². The number of hydrogen-bond acceptors (Lipinski definition) is 19. The van der Waals surface area contributed by atoms with Crippen molar-refractivity contribution in [2.45, 2.75) is 159 Å². The molecule has 0 aliphatic carbocycles. The second kappa shape index (κ2) is 50.3. The topological polar surface area (TPSA) is 307 Å². The highest BCUT2D eigenvalue weighted by atomic mass is 19.2. The maximum Gasteiger partial charge on any atom is 0.410 e. The number of para-hydroxylation sites is 3. The summed E-state index contributed by atoms with van der Waals surface area (Å²) in [7, 11) is 0. The molecule has 0 unspecified atom stereocenters. The van der Waals surface area contributed by atoms with Crippen molar-refractivity contribution in [3.05, 3.63) is 248 Å². The molecule has 7 aromatic rings. The van der Waals surface area contributed by atoms with E-state index in [1.807, 2.05) is 92.6 Å². The fraction of sp³-hybridized carbons (Fsp3) is 0.357. The number of aldehydes is 1. The number of benzene rings is 7. The van der Waals surface area contributed by atoms with Crippen LogP contribution in [0.3, 0.4) is 0 Å². The molecule has 112 heavy (non-hydrogen) atoms. The molecule has 0 spiro atoms. The fourth-order valence-electron chi connectivity index (χ4n) is 9.08. The first-order chi connectivity index (χ1) is 52.6. The van der Waals surface area contributed by atoms with E-state index in [0.29, 0.717) is 68.4 Å². The van der Waals surface area contributed by atoms with Crippen molar-refractivity contribution in [1.29, 1.82) is 0 Å². The molecule has 2 N–H and O–H groups in total. The lowest BCUT2D eigenvalue weighted by atomic mass is 9.88. The van der Waals surface area contributed by atoms with Gasteiger partial charge < -0.3 is 39.1 Å². The molecule has 7 aromatic carbocycles. The molecular formula is C84H98F6N4O18. The molecule has 1 fully saturated rings. The van der Waals surface area contributed by atoms with E-state index in [-0.39, 0.29) is 95.0 Å². The number of likely N-dealkylation sites (tertiary alicyclic amines) is 1. The first-order valence-electron chi connectivity index (χ1n) is 35.5. The van der Waals surface area contributed by atoms with Crippen LogP contribution in [0.1, 0.15) is 168 Å². The largest absolute Gasteiger partial charge is 0.466 e. The Balaban J connectivity index is 0.000000449. The van der Waals surface area contributed by atoms with Gasteiger partial charge in [-0.25, -0.2) is 31.1 Å². The van der Waals surface area contributed by atoms with E-state index in [9.17, 15) is 84.9 Å². The summed E-state index contributed by atoms with van der Waals surface area (Å²) in [5, 5.41) is 20.3. The highest BCUT2D eigenvalue weighted by molar-refractivity contribution is 6.00. The van der Waals surface area contributed by atoms with Crippen LogP contribution in [0.15, 0.2) is 170 Å². The number of nitrogens with zero attached hydrogens (tertiary/aromatic N) is 3. The third kappa shape index (κ3) is 43.6. The van der Waals surface area contributed by atoms with Crippen LogP contribution in [0, 0.1) is 66.0 Å². The molecular weight excluding hydrogens is 1470 g/mol. The van der Waals surface area contributed by atoms with Crippen LogP contribution >= 0.6 is 0 Å². The summed E-state index contributed by atoms with van der Waals surface area (Å²) < 4.78 is 110. The number of nitro groups is 2. The SMILES string of the molecule is CC(C)(C)CC(=O)CC(=O)COCc1ccccc1.CC(C)(C)OC(=O)N1CCC[C@@H](N)C1.CCC(=O)CC(=O)CC(C)(C)C.CCOC(=O)CC(=O)CC.O=Cc1ccc(Oc2c(F)cccc2F)cc1.O=[N+]([O-])/C=C/c1ccc(Oc2c(F)cccc2F)cc1.O=[N+]([O-])/C=C/c1ccc(Oc2c(F)cccc2F)cc1. The van der Waals surface area contributed by atoms with Crippen molar-refractivity contribution in [1.82, 2.24) is 4.90 Å². The van der Waals surface area contributed by atoms with Gasteiger partial charge in [0.05, 0.1) is 35.9 Å². The van der Waals surface area contributed by atoms with Crippen LogP contribution in [0.5, 0.6) is 34.5 Å². The third-order valence-corrected chi connectivity index (χ3v) is 14.1. The van der Waals surface area contributed by atoms with Crippen LogP contribution < -0.4 is 19.9 Å². The summed E-state index contributed by atoms with van der Waals surface area (Å²) >= 11 is 0. The standard InChI is InChI=1S/C16H22O3.2C14H9F2NO3.C13H8F2O2.C10H20N2O2.C10H18O2.C7H12O3/c1-16(2,3)10-14(17)9-15(18)12-19-11-13-7-5-4-6-8-13;2*15-12-2-1-3-13(16)14(12)20-11-6-4-10(5-7-11)8-9-17(18)19;14-11-2-1-3-12(15)13(11)17-10-6-4-9(8-16)5-7-10;1-10(2,3)14-9(13)12-6-4-5-8(11)7-12;1-5-8(11)6-9(12)7-10(2,3)4;1-3-6(8)5-7(9)10-4-2/h4-8H,9-12H2,1-3H3;2*1-9H;1-8H;8H,4-7,11H2,1-3H3;5-7H2,1-4H3;3-5H2,1-2H3/b;2*9-8+;;;;/t;;;;8-;;/m....1../s1. The zero-order valence-corrected chi connectivity index (χ0v) is 64.9. The van der Waals surface area contributed by atoms with Crippen molar-refractivity contribution in [2.24, 2.45) is 16.6 Å². The van der Waals surface area contributed by atoms with E-state index < -0.39 is 73.6 Å². The van der Waals surface area contributed by atoms with Crippen molar-refractivity contribution in [3.63, 3.8) is 0 Å². The summed E-state index contributed by atoms with van der Waals surface area (Å²) in [6.45, 7) is 24.9. The van der Waals surface area contributed by atoms with E-state index in [1.54, 1.807) is 25.7 Å². The number of rotatable bonds is 26. The highest BCUT2D eigenvalue weighted by Gasteiger charge is 2.26. The molecule has 1 heterocycles. The van der Waals surface area contributed by atoms with Gasteiger partial charge in [0, 0.05) is 62.5 Å². The Morgan fingerprint density at radius 2 is 0.866 bits per heavy atom. The van der Waals surface area contributed by atoms with Gasteiger partial charge in [0.25, 0.3) is 0 Å².